The number of rotatable bonds is 4. The number of hydrogen-bond acceptors (Lipinski definition) is 4. The van der Waals surface area contributed by atoms with Crippen molar-refractivity contribution in [2.45, 2.75) is 49.8 Å². The summed E-state index contributed by atoms with van der Waals surface area (Å²) in [6.07, 6.45) is 1.84. The maximum Gasteiger partial charge on any atom is 0.253 e. The third-order valence-electron chi connectivity index (χ3n) is 4.62. The van der Waals surface area contributed by atoms with Crippen LogP contribution in [0.5, 0.6) is 0 Å². The smallest absolute Gasteiger partial charge is 0.253 e. The van der Waals surface area contributed by atoms with Crippen LogP contribution in [0, 0.1) is 5.92 Å². The standard InChI is InChI=1S/C17H26N2O3S/c1-12(2)23(21,22)16-6-4-15(5-7-16)17(20)19-10-8-14(9-11-19)13(3)18/h4-7,12-14H,8-11,18H2,1-3H3. The van der Waals surface area contributed by atoms with Gasteiger partial charge in [0.05, 0.1) is 10.1 Å². The Morgan fingerprint density at radius 1 is 1.13 bits per heavy atom. The summed E-state index contributed by atoms with van der Waals surface area (Å²) in [5.41, 5.74) is 6.46. The van der Waals surface area contributed by atoms with Gasteiger partial charge in [-0.3, -0.25) is 4.79 Å². The van der Waals surface area contributed by atoms with Crippen molar-refractivity contribution < 1.29 is 13.2 Å². The molecule has 2 N–H and O–H groups in total. The van der Waals surface area contributed by atoms with Crippen molar-refractivity contribution in [2.24, 2.45) is 11.7 Å². The van der Waals surface area contributed by atoms with E-state index in [4.69, 9.17) is 5.73 Å². The molecule has 128 valence electrons. The van der Waals surface area contributed by atoms with Gasteiger partial charge in [0.25, 0.3) is 5.91 Å². The van der Waals surface area contributed by atoms with Crippen molar-refractivity contribution in [3.8, 4) is 0 Å². The summed E-state index contributed by atoms with van der Waals surface area (Å²) in [7, 11) is -3.30. The Balaban J connectivity index is 2.07. The van der Waals surface area contributed by atoms with Gasteiger partial charge in [0.2, 0.25) is 0 Å². The molecule has 1 saturated heterocycles. The SMILES string of the molecule is CC(N)C1CCN(C(=O)c2ccc(S(=O)(=O)C(C)C)cc2)CC1. The molecule has 5 nitrogen and oxygen atoms in total. The van der Waals surface area contributed by atoms with Gasteiger partial charge >= 0.3 is 0 Å². The van der Waals surface area contributed by atoms with Gasteiger partial charge in [0.15, 0.2) is 9.84 Å². The van der Waals surface area contributed by atoms with Gasteiger partial charge in [0.1, 0.15) is 0 Å². The van der Waals surface area contributed by atoms with Gasteiger partial charge in [-0.05, 0) is 63.8 Å². The molecule has 1 aliphatic rings. The zero-order valence-corrected chi connectivity index (χ0v) is 14.8. The second-order valence-corrected chi connectivity index (χ2v) is 9.11. The molecule has 0 radical (unpaired) electrons. The molecule has 0 aromatic heterocycles. The minimum absolute atomic E-state index is 0.0402. The van der Waals surface area contributed by atoms with E-state index in [1.165, 1.54) is 12.1 Å². The molecule has 0 saturated carbocycles. The maximum atomic E-state index is 12.5. The first-order valence-corrected chi connectivity index (χ1v) is 9.67. The monoisotopic (exact) mass is 338 g/mol. The Morgan fingerprint density at radius 2 is 1.65 bits per heavy atom. The summed E-state index contributed by atoms with van der Waals surface area (Å²) in [5.74, 6) is 0.430. The molecule has 1 fully saturated rings. The van der Waals surface area contributed by atoms with E-state index in [-0.39, 0.29) is 16.8 Å². The average molecular weight is 338 g/mol. The highest BCUT2D eigenvalue weighted by molar-refractivity contribution is 7.92. The predicted octanol–water partition coefficient (Wildman–Crippen LogP) is 2.07. The van der Waals surface area contributed by atoms with Crippen molar-refractivity contribution in [3.63, 3.8) is 0 Å². The molecule has 6 heteroatoms. The Labute approximate surface area is 138 Å². The van der Waals surface area contributed by atoms with E-state index in [9.17, 15) is 13.2 Å². The van der Waals surface area contributed by atoms with Gasteiger partial charge < -0.3 is 10.6 Å². The van der Waals surface area contributed by atoms with Gasteiger partial charge in [-0.2, -0.15) is 0 Å². The van der Waals surface area contributed by atoms with E-state index in [1.54, 1.807) is 26.0 Å². The molecule has 1 atom stereocenters. The number of nitrogens with two attached hydrogens (primary N) is 1. The van der Waals surface area contributed by atoms with Crippen molar-refractivity contribution in [2.75, 3.05) is 13.1 Å². The van der Waals surface area contributed by atoms with E-state index in [2.05, 4.69) is 0 Å². The number of carbonyl (C=O) groups excluding carboxylic acids is 1. The van der Waals surface area contributed by atoms with Crippen molar-refractivity contribution in [1.82, 2.24) is 4.90 Å². The highest BCUT2D eigenvalue weighted by Gasteiger charge is 2.26. The van der Waals surface area contributed by atoms with Crippen LogP contribution in [0.2, 0.25) is 0 Å². The second kappa shape index (κ2) is 7.01. The molecule has 2 rings (SSSR count). The Hall–Kier alpha value is -1.40. The van der Waals surface area contributed by atoms with Crippen molar-refractivity contribution >= 4 is 15.7 Å². The third kappa shape index (κ3) is 3.93. The van der Waals surface area contributed by atoms with Gasteiger partial charge in [-0.1, -0.05) is 0 Å². The minimum Gasteiger partial charge on any atom is -0.339 e. The fraction of sp³-hybridized carbons (Fsp3) is 0.588. The minimum atomic E-state index is -3.30. The lowest BCUT2D eigenvalue weighted by atomic mass is 9.90. The van der Waals surface area contributed by atoms with Crippen molar-refractivity contribution in [1.29, 1.82) is 0 Å². The average Bonchev–Trinajstić information content (AvgIpc) is 2.54. The van der Waals surface area contributed by atoms with Crippen LogP contribution in [0.1, 0.15) is 44.0 Å². The Bertz CT molecular complexity index is 643. The lowest BCUT2D eigenvalue weighted by Crippen LogP contribution is -2.42. The molecular formula is C17H26N2O3S. The van der Waals surface area contributed by atoms with Gasteiger partial charge in [-0.15, -0.1) is 0 Å². The van der Waals surface area contributed by atoms with Crippen LogP contribution in [-0.2, 0) is 9.84 Å². The summed E-state index contributed by atoms with van der Waals surface area (Å²) in [6.45, 7) is 6.72. The highest BCUT2D eigenvalue weighted by Crippen LogP contribution is 2.22. The fourth-order valence-corrected chi connectivity index (χ4v) is 3.93. The number of nitrogens with zero attached hydrogens (tertiary/aromatic N) is 1. The van der Waals surface area contributed by atoms with Crippen LogP contribution in [0.4, 0.5) is 0 Å². The number of hydrogen-bond donors (Lipinski definition) is 1. The molecule has 1 aromatic rings. The topological polar surface area (TPSA) is 80.5 Å². The number of sulfone groups is 1. The first-order chi connectivity index (χ1) is 10.7. The summed E-state index contributed by atoms with van der Waals surface area (Å²) in [6, 6.07) is 6.42. The summed E-state index contributed by atoms with van der Waals surface area (Å²) < 4.78 is 24.2. The molecular weight excluding hydrogens is 312 g/mol. The molecule has 1 aliphatic heterocycles. The second-order valence-electron chi connectivity index (χ2n) is 6.61. The first-order valence-electron chi connectivity index (χ1n) is 8.12. The van der Waals surface area contributed by atoms with Crippen LogP contribution in [-0.4, -0.2) is 43.6 Å². The molecule has 0 spiro atoms. The largest absolute Gasteiger partial charge is 0.339 e. The van der Waals surface area contributed by atoms with Crippen LogP contribution >= 0.6 is 0 Å². The quantitative estimate of drug-likeness (QED) is 0.911. The lowest BCUT2D eigenvalue weighted by molar-refractivity contribution is 0.0681. The predicted molar refractivity (Wildman–Crippen MR) is 91.0 cm³/mol. The first kappa shape index (κ1) is 17.9. The third-order valence-corrected chi connectivity index (χ3v) is 6.79. The number of benzene rings is 1. The summed E-state index contributed by atoms with van der Waals surface area (Å²) in [5, 5.41) is -0.471. The number of piperidine rings is 1. The maximum absolute atomic E-state index is 12.5. The Kier molecular flexibility index (Phi) is 5.47. The number of likely N-dealkylation sites (tertiary alicyclic amines) is 1. The molecule has 1 amide bonds. The summed E-state index contributed by atoms with van der Waals surface area (Å²) >= 11 is 0. The van der Waals surface area contributed by atoms with E-state index in [0.717, 1.165) is 12.8 Å². The van der Waals surface area contributed by atoms with Crippen LogP contribution < -0.4 is 5.73 Å². The molecule has 0 aliphatic carbocycles. The number of carbonyl (C=O) groups is 1. The van der Waals surface area contributed by atoms with E-state index in [0.29, 0.717) is 24.6 Å². The molecule has 1 unspecified atom stereocenters. The van der Waals surface area contributed by atoms with Gasteiger partial charge in [-0.25, -0.2) is 8.42 Å². The lowest BCUT2D eigenvalue weighted by Gasteiger charge is -2.33. The van der Waals surface area contributed by atoms with Crippen molar-refractivity contribution in [3.05, 3.63) is 29.8 Å². The normalized spacial score (nSPS) is 18.2. The van der Waals surface area contributed by atoms with E-state index in [1.807, 2.05) is 11.8 Å². The zero-order chi connectivity index (χ0) is 17.2. The zero-order valence-electron chi connectivity index (χ0n) is 14.0. The van der Waals surface area contributed by atoms with E-state index >= 15 is 0 Å². The summed E-state index contributed by atoms with van der Waals surface area (Å²) in [4.78, 5) is 14.6. The molecule has 23 heavy (non-hydrogen) atoms. The van der Waals surface area contributed by atoms with E-state index < -0.39 is 15.1 Å². The van der Waals surface area contributed by atoms with Gasteiger partial charge in [0, 0.05) is 24.7 Å². The fourth-order valence-electron chi connectivity index (χ4n) is 2.87. The molecule has 0 bridgehead atoms. The van der Waals surface area contributed by atoms with Crippen LogP contribution in [0.3, 0.4) is 0 Å². The van der Waals surface area contributed by atoms with Crippen LogP contribution in [0.15, 0.2) is 29.2 Å². The van der Waals surface area contributed by atoms with Crippen LogP contribution in [0.25, 0.3) is 0 Å². The highest BCUT2D eigenvalue weighted by atomic mass is 32.2. The Morgan fingerprint density at radius 3 is 2.09 bits per heavy atom. The molecule has 1 heterocycles. The number of amides is 1. The molecule has 1 aromatic carbocycles.